The number of H-pyrrole nitrogens is 1. The van der Waals surface area contributed by atoms with Crippen LogP contribution in [-0.2, 0) is 29.8 Å². The molecule has 12 heteroatoms. The van der Waals surface area contributed by atoms with E-state index in [4.69, 9.17) is 16.2 Å². The topological polar surface area (TPSA) is 192 Å². The number of aromatic amines is 1. The van der Waals surface area contributed by atoms with Crippen LogP contribution in [0.5, 0.6) is 17.2 Å². The normalized spacial score (nSPS) is 23.1. The van der Waals surface area contributed by atoms with E-state index < -0.39 is 18.2 Å². The number of fused-ring (bicyclic) bond motifs is 9. The van der Waals surface area contributed by atoms with Crippen LogP contribution < -0.4 is 16.2 Å². The Labute approximate surface area is 390 Å². The van der Waals surface area contributed by atoms with Gasteiger partial charge in [-0.25, -0.2) is 0 Å². The summed E-state index contributed by atoms with van der Waals surface area (Å²) in [5, 5.41) is 42.7. The number of nitrogens with two attached hydrogens (primary N) is 2. The molecule has 9 N–H and O–H groups in total. The lowest BCUT2D eigenvalue weighted by Gasteiger charge is -2.35. The highest BCUT2D eigenvalue weighted by molar-refractivity contribution is 8.76. The Kier molecular flexibility index (Phi) is 15.2. The molecule has 3 aliphatic carbocycles. The fourth-order valence-corrected chi connectivity index (χ4v) is 13.4. The predicted octanol–water partition coefficient (Wildman–Crippen LogP) is 9.10. The lowest BCUT2D eigenvalue weighted by atomic mass is 9.70. The number of ketones is 2. The highest BCUT2D eigenvalue weighted by atomic mass is 33.1. The fraction of sp³-hybridized carbons (Fsp3) is 0.472. The Hall–Kier alpha value is -4.48. The molecule has 4 aliphatic rings. The van der Waals surface area contributed by atoms with Crippen molar-refractivity contribution >= 4 is 33.2 Å². The molecule has 2 saturated carbocycles. The van der Waals surface area contributed by atoms with Gasteiger partial charge in [-0.2, -0.15) is 0 Å². The first-order valence-electron chi connectivity index (χ1n) is 23.3. The summed E-state index contributed by atoms with van der Waals surface area (Å²) in [4.78, 5) is 31.0. The number of aromatic hydroxyl groups is 2. The van der Waals surface area contributed by atoms with E-state index in [9.17, 15) is 30.0 Å². The number of aromatic nitrogens is 1. The number of carbonyl (C=O) groups excluding carboxylic acids is 2. The number of hydrogen-bond donors (Lipinski definition) is 7. The molecule has 344 valence electrons. The van der Waals surface area contributed by atoms with Gasteiger partial charge in [-0.1, -0.05) is 76.6 Å². The van der Waals surface area contributed by atoms with Crippen molar-refractivity contribution in [3.63, 3.8) is 0 Å². The number of allylic oxidation sites excluding steroid dienone is 2. The molecule has 1 aromatic heterocycles. The molecule has 10 nitrogen and oxygen atoms in total. The maximum atomic E-state index is 14.2. The fourth-order valence-electron chi connectivity index (χ4n) is 10.9. The minimum absolute atomic E-state index is 0.00475. The second-order valence-electron chi connectivity index (χ2n) is 19.1. The molecule has 4 aromatic rings. The van der Waals surface area contributed by atoms with Gasteiger partial charge in [0.2, 0.25) is 0 Å². The molecular weight excluding hydrogens is 855 g/mol. The molecule has 65 heavy (non-hydrogen) atoms. The van der Waals surface area contributed by atoms with Gasteiger partial charge in [-0.3, -0.25) is 9.59 Å². The largest absolute Gasteiger partial charge is 0.508 e. The van der Waals surface area contributed by atoms with Crippen LogP contribution in [0, 0.1) is 28.6 Å². The number of aryl methyl sites for hydroxylation is 1. The van der Waals surface area contributed by atoms with Gasteiger partial charge in [0.15, 0.2) is 23.1 Å². The highest BCUT2D eigenvalue weighted by Gasteiger charge is 2.42. The second kappa shape index (κ2) is 21.0. The number of ether oxygens (including phenoxy) is 1. The van der Waals surface area contributed by atoms with Crippen LogP contribution in [0.1, 0.15) is 144 Å². The first-order chi connectivity index (χ1) is 31.4. The average molecular weight is 918 g/mol. The van der Waals surface area contributed by atoms with Gasteiger partial charge in [0.1, 0.15) is 5.75 Å². The number of aliphatic hydroxyl groups excluding tert-OH is 2. The van der Waals surface area contributed by atoms with E-state index in [1.54, 1.807) is 41.3 Å². The van der Waals surface area contributed by atoms with Gasteiger partial charge in [-0.05, 0) is 139 Å². The first kappa shape index (κ1) is 47.0. The molecule has 0 radical (unpaired) electrons. The zero-order valence-corrected chi connectivity index (χ0v) is 38.8. The van der Waals surface area contributed by atoms with E-state index in [1.165, 1.54) is 0 Å². The molecular formula is C53H63N3O7S2. The summed E-state index contributed by atoms with van der Waals surface area (Å²) in [6.07, 6.45) is 16.0. The smallest absolute Gasteiger partial charge is 0.165 e. The standard InChI is InChI=1S/C53H63N3O7S2/c54-51(55)43-26-37-4-3-5-46-41(14-22-56-46)49(62)28-44-42(37)27-38(43)33-65-64-32-36-12-18-53(29-36,21-20-52(16-1-2-17-52)30-40(59)31-57)19-13-39(58)9-6-34-8-11-48(61)50(25-34)63-23-15-35-7-10-47(60)45(44)24-35/h7-8,10-11,13-14,19,22,24-27,36,40,44,51,56-57,59-61H,1-2,5-6,9,12,15-18,20-21,23,28-33,54-55H2. The van der Waals surface area contributed by atoms with Crippen molar-refractivity contribution in [3.05, 3.63) is 123 Å². The third-order valence-electron chi connectivity index (χ3n) is 14.5. The summed E-state index contributed by atoms with van der Waals surface area (Å²) < 4.78 is 6.16. The van der Waals surface area contributed by atoms with Crippen LogP contribution in [0.15, 0.2) is 72.9 Å². The predicted molar refractivity (Wildman–Crippen MR) is 259 cm³/mol. The van der Waals surface area contributed by atoms with Gasteiger partial charge in [0.05, 0.1) is 31.9 Å². The number of hydrogen-bond acceptors (Lipinski definition) is 11. The zero-order valence-electron chi connectivity index (χ0n) is 37.2. The van der Waals surface area contributed by atoms with E-state index in [-0.39, 0.29) is 53.5 Å². The quantitative estimate of drug-likeness (QED) is 0.0532. The van der Waals surface area contributed by atoms with E-state index in [0.717, 1.165) is 103 Å². The third kappa shape index (κ3) is 11.4. The molecule has 8 rings (SSSR count). The van der Waals surface area contributed by atoms with Gasteiger partial charge < -0.3 is 41.6 Å². The lowest BCUT2D eigenvalue weighted by molar-refractivity contribution is -0.114. The van der Waals surface area contributed by atoms with Gasteiger partial charge in [-0.15, -0.1) is 0 Å². The molecule has 2 fully saturated rings. The summed E-state index contributed by atoms with van der Waals surface area (Å²) in [6, 6.07) is 16.6. The monoisotopic (exact) mass is 917 g/mol. The number of benzene rings is 3. The molecule has 2 heterocycles. The summed E-state index contributed by atoms with van der Waals surface area (Å²) in [5.41, 5.74) is 19.8. The van der Waals surface area contributed by atoms with Crippen molar-refractivity contribution < 1.29 is 34.8 Å². The van der Waals surface area contributed by atoms with Gasteiger partial charge in [0.25, 0.3) is 0 Å². The van der Waals surface area contributed by atoms with Crippen molar-refractivity contribution in [2.75, 3.05) is 19.0 Å². The van der Waals surface area contributed by atoms with Crippen LogP contribution >= 0.6 is 21.6 Å². The SMILES string of the molecule is NC(N)c1cc2c3cc1CSSCC1CCC(CCC4(CC(O)CO)CCCC4)(C=CC(=O)CCc4ccc(O)c(c4)OCCc4ccc(O)c(c4)C3CC(=O)c3cc[nH]c3CC#C2)C1. The van der Waals surface area contributed by atoms with E-state index in [0.29, 0.717) is 60.7 Å². The first-order valence-corrected chi connectivity index (χ1v) is 25.8. The van der Waals surface area contributed by atoms with E-state index in [1.807, 2.05) is 41.1 Å². The Morgan fingerprint density at radius 3 is 2.51 bits per heavy atom. The van der Waals surface area contributed by atoms with E-state index in [2.05, 4.69) is 29.0 Å². The summed E-state index contributed by atoms with van der Waals surface area (Å²) in [7, 11) is 3.60. The minimum atomic E-state index is -0.757. The number of nitrogens with one attached hydrogen (secondary N) is 1. The van der Waals surface area contributed by atoms with Gasteiger partial charge >= 0.3 is 0 Å². The molecule has 3 aromatic carbocycles. The highest BCUT2D eigenvalue weighted by Crippen LogP contribution is 2.53. The number of Topliss-reactive ketones (excluding diaryl/α,β-unsaturated/α-hetero) is 1. The molecule has 4 atom stereocenters. The Bertz CT molecular complexity index is 2450. The molecule has 4 unspecified atom stereocenters. The zero-order chi connectivity index (χ0) is 45.6. The van der Waals surface area contributed by atoms with Crippen LogP contribution in [0.2, 0.25) is 0 Å². The van der Waals surface area contributed by atoms with Crippen LogP contribution in [0.3, 0.4) is 0 Å². The molecule has 0 amide bonds. The summed E-state index contributed by atoms with van der Waals surface area (Å²) in [6.45, 7) is 0.0129. The summed E-state index contributed by atoms with van der Waals surface area (Å²) >= 11 is 0. The number of aliphatic hydroxyl groups is 2. The van der Waals surface area contributed by atoms with Crippen LogP contribution in [0.25, 0.3) is 0 Å². The van der Waals surface area contributed by atoms with Crippen molar-refractivity contribution in [1.82, 2.24) is 4.98 Å². The molecule has 0 saturated heterocycles. The number of phenolic OH excluding ortho intramolecular Hbond substituents is 2. The Balaban J connectivity index is 1.13. The number of phenols is 2. The maximum absolute atomic E-state index is 14.2. The van der Waals surface area contributed by atoms with Gasteiger partial charge in [0, 0.05) is 65.3 Å². The second-order valence-corrected chi connectivity index (χ2v) is 21.6. The Morgan fingerprint density at radius 2 is 1.71 bits per heavy atom. The molecule has 8 bridgehead atoms. The van der Waals surface area contributed by atoms with Crippen LogP contribution in [-0.4, -0.2) is 62.0 Å². The van der Waals surface area contributed by atoms with E-state index >= 15 is 0 Å². The lowest BCUT2D eigenvalue weighted by Crippen LogP contribution is -2.28. The summed E-state index contributed by atoms with van der Waals surface area (Å²) in [5.74, 6) is 8.57. The molecule has 1 aliphatic heterocycles. The Morgan fingerprint density at radius 1 is 0.908 bits per heavy atom. The number of carbonyl (C=O) groups is 2. The maximum Gasteiger partial charge on any atom is 0.165 e. The van der Waals surface area contributed by atoms with Crippen molar-refractivity contribution in [3.8, 4) is 29.1 Å². The molecule has 0 spiro atoms. The average Bonchev–Trinajstić information content (AvgIpc) is 4.07. The van der Waals surface area contributed by atoms with Crippen molar-refractivity contribution in [2.45, 2.75) is 120 Å². The van der Waals surface area contributed by atoms with Crippen molar-refractivity contribution in [1.29, 1.82) is 0 Å². The minimum Gasteiger partial charge on any atom is -0.508 e. The van der Waals surface area contributed by atoms with Crippen LogP contribution in [0.4, 0.5) is 0 Å². The number of rotatable bonds is 7. The van der Waals surface area contributed by atoms with Crippen molar-refractivity contribution in [2.24, 2.45) is 28.2 Å². The third-order valence-corrected chi connectivity index (χ3v) is 17.0.